The zero-order chi connectivity index (χ0) is 19.6. The average Bonchev–Trinajstić information content (AvgIpc) is 2.62. The lowest BCUT2D eigenvalue weighted by atomic mass is 10.0. The standard InChI is InChI=1S/C20H17F2N3O2/c1-12-3-4-13(2)15(9-12)18-7-8-20(27)25(24-18)11-19(26)23-14-5-6-16(21)17(22)10-14/h3-10H,11H2,1-2H3,(H,23,26). The number of rotatable bonds is 4. The molecule has 0 unspecified atom stereocenters. The Morgan fingerprint density at radius 2 is 1.81 bits per heavy atom. The van der Waals surface area contributed by atoms with Crippen LogP contribution in [-0.4, -0.2) is 15.7 Å². The van der Waals surface area contributed by atoms with Crippen LogP contribution < -0.4 is 10.9 Å². The van der Waals surface area contributed by atoms with Crippen LogP contribution in [0.15, 0.2) is 53.3 Å². The van der Waals surface area contributed by atoms with E-state index >= 15 is 0 Å². The Balaban J connectivity index is 1.84. The highest BCUT2D eigenvalue weighted by Crippen LogP contribution is 2.21. The van der Waals surface area contributed by atoms with Gasteiger partial charge in [0.15, 0.2) is 11.6 Å². The third-order valence-electron chi connectivity index (χ3n) is 4.03. The molecule has 1 aromatic heterocycles. The van der Waals surface area contributed by atoms with Crippen molar-refractivity contribution in [1.82, 2.24) is 9.78 Å². The largest absolute Gasteiger partial charge is 0.324 e. The lowest BCUT2D eigenvalue weighted by Gasteiger charge is -2.10. The van der Waals surface area contributed by atoms with E-state index in [1.807, 2.05) is 32.0 Å². The fourth-order valence-corrected chi connectivity index (χ4v) is 2.63. The highest BCUT2D eigenvalue weighted by Gasteiger charge is 2.11. The number of aryl methyl sites for hydroxylation is 2. The van der Waals surface area contributed by atoms with Gasteiger partial charge in [0, 0.05) is 23.4 Å². The third kappa shape index (κ3) is 4.25. The lowest BCUT2D eigenvalue weighted by molar-refractivity contribution is -0.117. The van der Waals surface area contributed by atoms with Gasteiger partial charge < -0.3 is 5.32 Å². The Bertz CT molecular complexity index is 1080. The van der Waals surface area contributed by atoms with Gasteiger partial charge in [0.05, 0.1) is 5.69 Å². The maximum Gasteiger partial charge on any atom is 0.267 e. The van der Waals surface area contributed by atoms with Crippen LogP contribution >= 0.6 is 0 Å². The molecule has 0 radical (unpaired) electrons. The molecule has 0 bridgehead atoms. The molecule has 0 fully saturated rings. The van der Waals surface area contributed by atoms with E-state index < -0.39 is 23.1 Å². The minimum Gasteiger partial charge on any atom is -0.324 e. The van der Waals surface area contributed by atoms with E-state index in [2.05, 4.69) is 10.4 Å². The first-order chi connectivity index (χ1) is 12.8. The summed E-state index contributed by atoms with van der Waals surface area (Å²) in [5, 5.41) is 6.69. The van der Waals surface area contributed by atoms with E-state index in [1.54, 1.807) is 6.07 Å². The minimum atomic E-state index is -1.07. The van der Waals surface area contributed by atoms with Gasteiger partial charge in [-0.05, 0) is 43.7 Å². The molecule has 0 spiro atoms. The number of amides is 1. The number of carbonyl (C=O) groups is 1. The SMILES string of the molecule is Cc1ccc(C)c(-c2ccc(=O)n(CC(=O)Nc3ccc(F)c(F)c3)n2)c1. The maximum atomic E-state index is 13.2. The summed E-state index contributed by atoms with van der Waals surface area (Å²) in [7, 11) is 0. The zero-order valence-electron chi connectivity index (χ0n) is 14.8. The molecule has 2 aromatic carbocycles. The average molecular weight is 369 g/mol. The van der Waals surface area contributed by atoms with Gasteiger partial charge in [-0.1, -0.05) is 17.7 Å². The van der Waals surface area contributed by atoms with Gasteiger partial charge in [-0.2, -0.15) is 5.10 Å². The van der Waals surface area contributed by atoms with Crippen molar-refractivity contribution in [3.63, 3.8) is 0 Å². The van der Waals surface area contributed by atoms with Crippen molar-refractivity contribution in [2.45, 2.75) is 20.4 Å². The van der Waals surface area contributed by atoms with Crippen LogP contribution in [0.2, 0.25) is 0 Å². The van der Waals surface area contributed by atoms with Crippen molar-refractivity contribution in [3.05, 3.63) is 81.6 Å². The second-order valence-electron chi connectivity index (χ2n) is 6.21. The summed E-state index contributed by atoms with van der Waals surface area (Å²) in [6.45, 7) is 3.53. The molecule has 27 heavy (non-hydrogen) atoms. The quantitative estimate of drug-likeness (QED) is 0.766. The number of hydrogen-bond donors (Lipinski definition) is 1. The van der Waals surface area contributed by atoms with Crippen LogP contribution in [0.5, 0.6) is 0 Å². The normalized spacial score (nSPS) is 10.7. The molecule has 1 amide bonds. The molecule has 7 heteroatoms. The van der Waals surface area contributed by atoms with Crippen LogP contribution in [0, 0.1) is 25.5 Å². The Hall–Kier alpha value is -3.35. The molecule has 3 rings (SSSR count). The molecule has 0 aliphatic rings. The first kappa shape index (κ1) is 18.4. The molecule has 138 valence electrons. The van der Waals surface area contributed by atoms with E-state index in [4.69, 9.17) is 0 Å². The van der Waals surface area contributed by atoms with Crippen LogP contribution in [0.4, 0.5) is 14.5 Å². The molecule has 0 aliphatic heterocycles. The van der Waals surface area contributed by atoms with Gasteiger partial charge in [-0.25, -0.2) is 13.5 Å². The van der Waals surface area contributed by atoms with E-state index in [0.29, 0.717) is 5.69 Å². The Morgan fingerprint density at radius 3 is 2.56 bits per heavy atom. The van der Waals surface area contributed by atoms with Crippen molar-refractivity contribution in [2.75, 3.05) is 5.32 Å². The highest BCUT2D eigenvalue weighted by molar-refractivity contribution is 5.90. The molecule has 1 N–H and O–H groups in total. The second-order valence-corrected chi connectivity index (χ2v) is 6.21. The zero-order valence-corrected chi connectivity index (χ0v) is 14.8. The monoisotopic (exact) mass is 369 g/mol. The number of anilines is 1. The summed E-state index contributed by atoms with van der Waals surface area (Å²) in [4.78, 5) is 24.2. The molecule has 3 aromatic rings. The fraction of sp³-hybridized carbons (Fsp3) is 0.150. The highest BCUT2D eigenvalue weighted by atomic mass is 19.2. The topological polar surface area (TPSA) is 64.0 Å². The molecule has 1 heterocycles. The summed E-state index contributed by atoms with van der Waals surface area (Å²) < 4.78 is 27.2. The number of nitrogens with zero attached hydrogens (tertiary/aromatic N) is 2. The Kier molecular flexibility index (Phi) is 5.12. The van der Waals surface area contributed by atoms with Gasteiger partial charge >= 0.3 is 0 Å². The first-order valence-electron chi connectivity index (χ1n) is 8.24. The summed E-state index contributed by atoms with van der Waals surface area (Å²) in [5.41, 5.74) is 3.12. The smallest absolute Gasteiger partial charge is 0.267 e. The van der Waals surface area contributed by atoms with E-state index in [1.165, 1.54) is 12.1 Å². The molecule has 0 atom stereocenters. The third-order valence-corrected chi connectivity index (χ3v) is 4.03. The predicted molar refractivity (Wildman–Crippen MR) is 98.4 cm³/mol. The number of hydrogen-bond acceptors (Lipinski definition) is 3. The summed E-state index contributed by atoms with van der Waals surface area (Å²) >= 11 is 0. The van der Waals surface area contributed by atoms with Crippen LogP contribution in [-0.2, 0) is 11.3 Å². The van der Waals surface area contributed by atoms with Crippen molar-refractivity contribution < 1.29 is 13.6 Å². The summed E-state index contributed by atoms with van der Waals surface area (Å²) in [6, 6.07) is 11.9. The van der Waals surface area contributed by atoms with E-state index in [-0.39, 0.29) is 12.2 Å². The van der Waals surface area contributed by atoms with Crippen LogP contribution in [0.3, 0.4) is 0 Å². The predicted octanol–water partition coefficient (Wildman–Crippen LogP) is 3.44. The molecule has 0 aliphatic carbocycles. The second kappa shape index (κ2) is 7.49. The molecular weight excluding hydrogens is 352 g/mol. The maximum absolute atomic E-state index is 13.2. The number of nitrogens with one attached hydrogen (secondary N) is 1. The molecule has 5 nitrogen and oxygen atoms in total. The first-order valence-corrected chi connectivity index (χ1v) is 8.24. The van der Waals surface area contributed by atoms with Crippen LogP contribution in [0.1, 0.15) is 11.1 Å². The number of aromatic nitrogens is 2. The van der Waals surface area contributed by atoms with Crippen molar-refractivity contribution >= 4 is 11.6 Å². The molecule has 0 saturated heterocycles. The molecular formula is C20H17F2N3O2. The van der Waals surface area contributed by atoms with Crippen LogP contribution in [0.25, 0.3) is 11.3 Å². The number of benzene rings is 2. The van der Waals surface area contributed by atoms with Gasteiger partial charge in [0.1, 0.15) is 6.54 Å². The van der Waals surface area contributed by atoms with Crippen molar-refractivity contribution in [2.24, 2.45) is 0 Å². The van der Waals surface area contributed by atoms with Gasteiger partial charge in [-0.15, -0.1) is 0 Å². The van der Waals surface area contributed by atoms with E-state index in [0.717, 1.165) is 33.5 Å². The fourth-order valence-electron chi connectivity index (χ4n) is 2.63. The summed E-state index contributed by atoms with van der Waals surface area (Å²) in [6.07, 6.45) is 0. The van der Waals surface area contributed by atoms with Gasteiger partial charge in [0.25, 0.3) is 5.56 Å². The minimum absolute atomic E-state index is 0.0950. The van der Waals surface area contributed by atoms with Crippen molar-refractivity contribution in [1.29, 1.82) is 0 Å². The van der Waals surface area contributed by atoms with Crippen molar-refractivity contribution in [3.8, 4) is 11.3 Å². The van der Waals surface area contributed by atoms with E-state index in [9.17, 15) is 18.4 Å². The number of carbonyl (C=O) groups excluding carboxylic acids is 1. The number of halogens is 2. The molecule has 0 saturated carbocycles. The Morgan fingerprint density at radius 1 is 1.04 bits per heavy atom. The Labute approximate surface area is 154 Å². The lowest BCUT2D eigenvalue weighted by Crippen LogP contribution is -2.29. The summed E-state index contributed by atoms with van der Waals surface area (Å²) in [5.74, 6) is -2.65. The van der Waals surface area contributed by atoms with Gasteiger partial charge in [0.2, 0.25) is 5.91 Å². The van der Waals surface area contributed by atoms with Gasteiger partial charge in [-0.3, -0.25) is 9.59 Å².